The van der Waals surface area contributed by atoms with Crippen LogP contribution in [0.2, 0.25) is 0 Å². The molecule has 1 amide bonds. The van der Waals surface area contributed by atoms with Gasteiger partial charge in [-0.15, -0.1) is 0 Å². The molecule has 2 rings (SSSR count). The maximum Gasteiger partial charge on any atom is 0.435 e. The number of halogens is 4. The van der Waals surface area contributed by atoms with Crippen molar-refractivity contribution in [2.75, 3.05) is 5.32 Å². The highest BCUT2D eigenvalue weighted by Gasteiger charge is 2.34. The van der Waals surface area contributed by atoms with Gasteiger partial charge in [0.25, 0.3) is 0 Å². The van der Waals surface area contributed by atoms with Crippen LogP contribution in [0.25, 0.3) is 0 Å². The summed E-state index contributed by atoms with van der Waals surface area (Å²) in [6.07, 6.45) is -0.877. The van der Waals surface area contributed by atoms with Gasteiger partial charge >= 0.3 is 6.18 Å². The van der Waals surface area contributed by atoms with E-state index in [1.54, 1.807) is 12.1 Å². The zero-order valence-corrected chi connectivity index (χ0v) is 13.7. The minimum absolute atomic E-state index is 0.322. The van der Waals surface area contributed by atoms with Crippen molar-refractivity contribution >= 4 is 27.7 Å². The largest absolute Gasteiger partial charge is 0.435 e. The third-order valence-corrected chi connectivity index (χ3v) is 3.53. The van der Waals surface area contributed by atoms with Crippen LogP contribution >= 0.6 is 15.9 Å². The first-order chi connectivity index (χ1) is 10.8. The van der Waals surface area contributed by atoms with E-state index in [0.717, 1.165) is 21.4 Å². The normalized spacial score (nSPS) is 12.9. The lowest BCUT2D eigenvalue weighted by molar-refractivity contribution is -0.141. The van der Waals surface area contributed by atoms with Crippen LogP contribution in [-0.2, 0) is 11.0 Å². The molecule has 0 saturated carbocycles. The molecular weight excluding hydrogens is 377 g/mol. The first-order valence-corrected chi connectivity index (χ1v) is 7.65. The summed E-state index contributed by atoms with van der Waals surface area (Å²) in [5.41, 5.74) is -1.02. The molecule has 0 aromatic carbocycles. The van der Waals surface area contributed by atoms with Crippen LogP contribution in [0.1, 0.15) is 31.5 Å². The molecule has 0 aliphatic carbocycles. The fraction of sp³-hybridized carbons (Fsp3) is 0.357. The molecule has 23 heavy (non-hydrogen) atoms. The van der Waals surface area contributed by atoms with E-state index in [9.17, 15) is 18.0 Å². The van der Waals surface area contributed by atoms with Crippen LogP contribution in [0, 0.1) is 0 Å². The van der Waals surface area contributed by atoms with Crippen LogP contribution < -0.4 is 5.32 Å². The number of hydrogen-bond acceptors (Lipinski definition) is 3. The number of aromatic nitrogens is 3. The van der Waals surface area contributed by atoms with Gasteiger partial charge in [-0.25, -0.2) is 4.98 Å². The fourth-order valence-electron chi connectivity index (χ4n) is 1.98. The number of rotatable bonds is 5. The first-order valence-electron chi connectivity index (χ1n) is 6.86. The maximum atomic E-state index is 12.6. The quantitative estimate of drug-likeness (QED) is 0.837. The van der Waals surface area contributed by atoms with E-state index in [1.165, 1.54) is 6.20 Å². The molecule has 0 radical (unpaired) electrons. The van der Waals surface area contributed by atoms with Gasteiger partial charge in [-0.1, -0.05) is 13.3 Å². The van der Waals surface area contributed by atoms with Crippen molar-refractivity contribution in [2.24, 2.45) is 0 Å². The van der Waals surface area contributed by atoms with Crippen LogP contribution in [0.15, 0.2) is 35.1 Å². The van der Waals surface area contributed by atoms with Crippen molar-refractivity contribution < 1.29 is 18.0 Å². The van der Waals surface area contributed by atoms with Gasteiger partial charge in [0.1, 0.15) is 11.9 Å². The SMILES string of the molecule is CCCC(C(=O)Nc1ccc(Br)cn1)n1ccc(C(F)(F)F)n1. The summed E-state index contributed by atoms with van der Waals surface area (Å²) in [6.45, 7) is 1.84. The van der Waals surface area contributed by atoms with E-state index < -0.39 is 23.8 Å². The Morgan fingerprint density at radius 3 is 2.65 bits per heavy atom. The molecule has 1 atom stereocenters. The number of anilines is 1. The van der Waals surface area contributed by atoms with Gasteiger partial charge < -0.3 is 5.32 Å². The van der Waals surface area contributed by atoms with E-state index in [-0.39, 0.29) is 0 Å². The number of pyridine rings is 1. The number of hydrogen-bond donors (Lipinski definition) is 1. The minimum atomic E-state index is -4.54. The monoisotopic (exact) mass is 390 g/mol. The second-order valence-corrected chi connectivity index (χ2v) is 5.75. The molecule has 2 aromatic rings. The molecule has 0 aliphatic heterocycles. The van der Waals surface area contributed by atoms with Gasteiger partial charge in [0, 0.05) is 16.9 Å². The van der Waals surface area contributed by atoms with E-state index in [4.69, 9.17) is 0 Å². The third-order valence-electron chi connectivity index (χ3n) is 3.06. The summed E-state index contributed by atoms with van der Waals surface area (Å²) in [6, 6.07) is 3.32. The van der Waals surface area contributed by atoms with Gasteiger partial charge in [-0.2, -0.15) is 18.3 Å². The Morgan fingerprint density at radius 2 is 2.13 bits per heavy atom. The van der Waals surface area contributed by atoms with E-state index in [0.29, 0.717) is 18.7 Å². The fourth-order valence-corrected chi connectivity index (χ4v) is 2.21. The Bertz CT molecular complexity index is 669. The highest BCUT2D eigenvalue weighted by Crippen LogP contribution is 2.28. The van der Waals surface area contributed by atoms with Gasteiger partial charge in [-0.05, 0) is 40.5 Å². The topological polar surface area (TPSA) is 59.8 Å². The zero-order valence-electron chi connectivity index (χ0n) is 12.1. The van der Waals surface area contributed by atoms with Crippen molar-refractivity contribution in [3.05, 3.63) is 40.8 Å². The van der Waals surface area contributed by atoms with Crippen molar-refractivity contribution in [2.45, 2.75) is 32.0 Å². The third kappa shape index (κ3) is 4.54. The summed E-state index contributed by atoms with van der Waals surface area (Å²) in [5.74, 6) is -0.138. The minimum Gasteiger partial charge on any atom is -0.309 e. The predicted molar refractivity (Wildman–Crippen MR) is 81.7 cm³/mol. The first kappa shape index (κ1) is 17.5. The van der Waals surface area contributed by atoms with Crippen LogP contribution in [0.4, 0.5) is 19.0 Å². The summed E-state index contributed by atoms with van der Waals surface area (Å²) < 4.78 is 39.7. The number of carbonyl (C=O) groups is 1. The number of nitrogens with one attached hydrogen (secondary N) is 1. The Kier molecular flexibility index (Phi) is 5.40. The van der Waals surface area contributed by atoms with E-state index >= 15 is 0 Å². The number of alkyl halides is 3. The number of amides is 1. The summed E-state index contributed by atoms with van der Waals surface area (Å²) >= 11 is 3.23. The van der Waals surface area contributed by atoms with Crippen molar-refractivity contribution in [3.63, 3.8) is 0 Å². The smallest absolute Gasteiger partial charge is 0.309 e. The molecule has 0 bridgehead atoms. The van der Waals surface area contributed by atoms with Crippen molar-refractivity contribution in [1.82, 2.24) is 14.8 Å². The molecule has 0 saturated heterocycles. The molecule has 0 aliphatic rings. The summed E-state index contributed by atoms with van der Waals surface area (Å²) in [5, 5.41) is 6.07. The van der Waals surface area contributed by atoms with E-state index in [2.05, 4.69) is 31.3 Å². The van der Waals surface area contributed by atoms with Crippen LogP contribution in [0.3, 0.4) is 0 Å². The highest BCUT2D eigenvalue weighted by atomic mass is 79.9. The molecule has 2 aromatic heterocycles. The van der Waals surface area contributed by atoms with Gasteiger partial charge in [0.15, 0.2) is 5.69 Å². The molecule has 9 heteroatoms. The second-order valence-electron chi connectivity index (χ2n) is 4.83. The number of carbonyl (C=O) groups excluding carboxylic acids is 1. The van der Waals surface area contributed by atoms with Crippen LogP contribution in [-0.4, -0.2) is 20.7 Å². The maximum absolute atomic E-state index is 12.6. The van der Waals surface area contributed by atoms with E-state index in [1.807, 2.05) is 6.92 Å². The average molecular weight is 391 g/mol. The van der Waals surface area contributed by atoms with Crippen LogP contribution in [0.5, 0.6) is 0 Å². The lowest BCUT2D eigenvalue weighted by atomic mass is 10.1. The average Bonchev–Trinajstić information content (AvgIpc) is 2.96. The molecule has 1 unspecified atom stereocenters. The summed E-state index contributed by atoms with van der Waals surface area (Å²) in [7, 11) is 0. The molecule has 5 nitrogen and oxygen atoms in total. The van der Waals surface area contributed by atoms with Gasteiger partial charge in [-0.3, -0.25) is 9.48 Å². The van der Waals surface area contributed by atoms with Gasteiger partial charge in [0.2, 0.25) is 5.91 Å². The Morgan fingerprint density at radius 1 is 1.39 bits per heavy atom. The molecule has 2 heterocycles. The molecule has 0 spiro atoms. The van der Waals surface area contributed by atoms with Crippen molar-refractivity contribution in [1.29, 1.82) is 0 Å². The number of nitrogens with zero attached hydrogens (tertiary/aromatic N) is 3. The molecule has 124 valence electrons. The van der Waals surface area contributed by atoms with Crippen molar-refractivity contribution in [3.8, 4) is 0 Å². The predicted octanol–water partition coefficient (Wildman–Crippen LogP) is 4.04. The molecule has 0 fully saturated rings. The lowest BCUT2D eigenvalue weighted by Crippen LogP contribution is -2.27. The Balaban J connectivity index is 2.18. The second kappa shape index (κ2) is 7.12. The highest BCUT2D eigenvalue weighted by molar-refractivity contribution is 9.10. The zero-order chi connectivity index (χ0) is 17.0. The Hall–Kier alpha value is -1.90. The summed E-state index contributed by atoms with van der Waals surface area (Å²) in [4.78, 5) is 16.4. The Labute approximate surface area is 139 Å². The molecular formula is C14H14BrF3N4O. The molecule has 1 N–H and O–H groups in total. The lowest BCUT2D eigenvalue weighted by Gasteiger charge is -2.16. The van der Waals surface area contributed by atoms with Gasteiger partial charge in [0.05, 0.1) is 0 Å². The standard InChI is InChI=1S/C14H14BrF3N4O/c1-2-3-10(22-7-6-11(21-22)14(16,17)18)13(23)20-12-5-4-9(15)8-19-12/h4-8,10H,2-3H2,1H3,(H,19,20,23).